The van der Waals surface area contributed by atoms with Crippen LogP contribution in [0.3, 0.4) is 0 Å². The molecule has 2 aromatic carbocycles. The van der Waals surface area contributed by atoms with E-state index in [9.17, 15) is 14.0 Å². The minimum Gasteiger partial charge on any atom is -0.338 e. The van der Waals surface area contributed by atoms with Crippen molar-refractivity contribution in [2.45, 2.75) is 12.8 Å². The summed E-state index contributed by atoms with van der Waals surface area (Å²) in [6.07, 6.45) is 1.62. The van der Waals surface area contributed by atoms with Gasteiger partial charge in [0.2, 0.25) is 5.91 Å². The minimum atomic E-state index is -0.371. The zero-order valence-electron chi connectivity index (χ0n) is 13.7. The third-order valence-electron chi connectivity index (χ3n) is 5.29. The molecule has 5 heteroatoms. The summed E-state index contributed by atoms with van der Waals surface area (Å²) in [4.78, 5) is 26.8. The summed E-state index contributed by atoms with van der Waals surface area (Å²) in [5.74, 6) is -0.540. The van der Waals surface area contributed by atoms with Gasteiger partial charge in [-0.2, -0.15) is 0 Å². The highest BCUT2D eigenvalue weighted by Gasteiger charge is 2.61. The highest BCUT2D eigenvalue weighted by Crippen LogP contribution is 2.58. The predicted octanol–water partition coefficient (Wildman–Crippen LogP) is 3.32. The Labute approximate surface area is 145 Å². The van der Waals surface area contributed by atoms with Crippen LogP contribution < -0.4 is 5.32 Å². The van der Waals surface area contributed by atoms with E-state index < -0.39 is 0 Å². The highest BCUT2D eigenvalue weighted by atomic mass is 19.1. The van der Waals surface area contributed by atoms with E-state index in [-0.39, 0.29) is 29.0 Å². The van der Waals surface area contributed by atoms with Crippen LogP contribution in [0.2, 0.25) is 0 Å². The lowest BCUT2D eigenvalue weighted by molar-refractivity contribution is -0.118. The van der Waals surface area contributed by atoms with Gasteiger partial charge in [0.1, 0.15) is 5.82 Å². The molecule has 25 heavy (non-hydrogen) atoms. The van der Waals surface area contributed by atoms with Crippen molar-refractivity contribution < 1.29 is 14.0 Å². The number of hydrogen-bond acceptors (Lipinski definition) is 2. The van der Waals surface area contributed by atoms with Gasteiger partial charge in [-0.3, -0.25) is 9.59 Å². The van der Waals surface area contributed by atoms with E-state index in [0.29, 0.717) is 24.3 Å². The van der Waals surface area contributed by atoms with E-state index in [2.05, 4.69) is 5.32 Å². The molecule has 4 nitrogen and oxygen atoms in total. The van der Waals surface area contributed by atoms with Crippen LogP contribution >= 0.6 is 0 Å². The average molecular weight is 338 g/mol. The van der Waals surface area contributed by atoms with Crippen LogP contribution in [-0.4, -0.2) is 29.8 Å². The molecule has 4 rings (SSSR count). The third-order valence-corrected chi connectivity index (χ3v) is 5.29. The van der Waals surface area contributed by atoms with Gasteiger partial charge in [-0.15, -0.1) is 0 Å². The van der Waals surface area contributed by atoms with E-state index in [1.165, 1.54) is 12.1 Å². The molecule has 1 aliphatic heterocycles. The summed E-state index contributed by atoms with van der Waals surface area (Å²) in [7, 11) is 0. The molecule has 1 N–H and O–H groups in total. The predicted molar refractivity (Wildman–Crippen MR) is 92.5 cm³/mol. The second kappa shape index (κ2) is 5.99. The van der Waals surface area contributed by atoms with Gasteiger partial charge < -0.3 is 10.2 Å². The van der Waals surface area contributed by atoms with E-state index in [0.717, 1.165) is 12.8 Å². The quantitative estimate of drug-likeness (QED) is 0.933. The first-order valence-electron chi connectivity index (χ1n) is 8.48. The Morgan fingerprint density at radius 2 is 1.92 bits per heavy atom. The second-order valence-electron chi connectivity index (χ2n) is 6.96. The number of nitrogens with one attached hydrogen (secondary N) is 1. The molecule has 1 heterocycles. The third kappa shape index (κ3) is 3.02. The first-order chi connectivity index (χ1) is 12.1. The van der Waals surface area contributed by atoms with Crippen molar-refractivity contribution in [3.05, 3.63) is 66.0 Å². The summed E-state index contributed by atoms with van der Waals surface area (Å²) in [6.45, 7) is 1.29. The van der Waals surface area contributed by atoms with E-state index in [1.807, 2.05) is 35.2 Å². The Morgan fingerprint density at radius 3 is 2.68 bits per heavy atom. The maximum atomic E-state index is 13.2. The fourth-order valence-corrected chi connectivity index (χ4v) is 3.80. The smallest absolute Gasteiger partial charge is 0.253 e. The Hall–Kier alpha value is -2.69. The number of rotatable bonds is 3. The van der Waals surface area contributed by atoms with Gasteiger partial charge in [-0.25, -0.2) is 4.39 Å². The summed E-state index contributed by atoms with van der Waals surface area (Å²) in [5.41, 5.74) is 1.05. The molecule has 0 bridgehead atoms. The van der Waals surface area contributed by atoms with Crippen molar-refractivity contribution in [3.8, 4) is 0 Å². The van der Waals surface area contributed by atoms with Crippen molar-refractivity contribution in [1.82, 2.24) is 4.90 Å². The first-order valence-corrected chi connectivity index (χ1v) is 8.48. The van der Waals surface area contributed by atoms with Crippen molar-refractivity contribution in [2.75, 3.05) is 18.4 Å². The van der Waals surface area contributed by atoms with Gasteiger partial charge in [0, 0.05) is 35.7 Å². The lowest BCUT2D eigenvalue weighted by Crippen LogP contribution is -2.29. The molecule has 1 saturated heterocycles. The minimum absolute atomic E-state index is 0.0219. The summed E-state index contributed by atoms with van der Waals surface area (Å²) < 4.78 is 13.2. The number of amides is 2. The maximum Gasteiger partial charge on any atom is 0.253 e. The zero-order chi connectivity index (χ0) is 17.4. The van der Waals surface area contributed by atoms with Gasteiger partial charge in [0.25, 0.3) is 5.91 Å². The Balaban J connectivity index is 1.39. The Kier molecular flexibility index (Phi) is 3.79. The number of carbonyl (C=O) groups is 2. The molecule has 2 fully saturated rings. The van der Waals surface area contributed by atoms with E-state index >= 15 is 0 Å². The van der Waals surface area contributed by atoms with Crippen LogP contribution in [0, 0.1) is 17.2 Å². The van der Waals surface area contributed by atoms with Crippen LogP contribution in [0.1, 0.15) is 23.2 Å². The van der Waals surface area contributed by atoms with Gasteiger partial charge >= 0.3 is 0 Å². The molecule has 128 valence electrons. The van der Waals surface area contributed by atoms with Crippen LogP contribution in [0.4, 0.5) is 10.1 Å². The van der Waals surface area contributed by atoms with Gasteiger partial charge in [-0.1, -0.05) is 24.3 Å². The van der Waals surface area contributed by atoms with Crippen molar-refractivity contribution >= 4 is 17.5 Å². The second-order valence-corrected chi connectivity index (χ2v) is 6.96. The number of likely N-dealkylation sites (tertiary alicyclic amines) is 1. The number of benzene rings is 2. The molecule has 2 atom stereocenters. The van der Waals surface area contributed by atoms with Gasteiger partial charge in [-0.05, 0) is 43.2 Å². The molecule has 2 amide bonds. The molecule has 1 saturated carbocycles. The molecule has 0 unspecified atom stereocenters. The molecule has 2 aliphatic rings. The zero-order valence-corrected chi connectivity index (χ0v) is 13.7. The molecule has 0 radical (unpaired) electrons. The van der Waals surface area contributed by atoms with E-state index in [4.69, 9.17) is 0 Å². The number of carbonyl (C=O) groups excluding carboxylic acids is 2. The van der Waals surface area contributed by atoms with Crippen LogP contribution in [0.25, 0.3) is 0 Å². The average Bonchev–Trinajstić information content (AvgIpc) is 3.16. The molecule has 2 aromatic rings. The number of halogens is 1. The summed E-state index contributed by atoms with van der Waals surface area (Å²) >= 11 is 0. The lowest BCUT2D eigenvalue weighted by atomic mass is 10.0. The van der Waals surface area contributed by atoms with Crippen LogP contribution in [0.5, 0.6) is 0 Å². The Bertz CT molecular complexity index is 823. The normalized spacial score (nSPS) is 24.4. The van der Waals surface area contributed by atoms with Crippen molar-refractivity contribution in [3.63, 3.8) is 0 Å². The van der Waals surface area contributed by atoms with Crippen LogP contribution in [0.15, 0.2) is 54.6 Å². The number of anilines is 1. The van der Waals surface area contributed by atoms with Crippen molar-refractivity contribution in [1.29, 1.82) is 0 Å². The topological polar surface area (TPSA) is 49.4 Å². The maximum absolute atomic E-state index is 13.2. The van der Waals surface area contributed by atoms with E-state index in [1.54, 1.807) is 12.1 Å². The summed E-state index contributed by atoms with van der Waals surface area (Å²) in [5, 5.41) is 2.79. The SMILES string of the molecule is O=C(Nc1cccc(F)c1)[C@@H]1C[C@@]12CCN(C(=O)c1ccccc1)C2. The highest BCUT2D eigenvalue weighted by molar-refractivity contribution is 5.96. The fourth-order valence-electron chi connectivity index (χ4n) is 3.80. The van der Waals surface area contributed by atoms with Gasteiger partial charge in [0.15, 0.2) is 0 Å². The van der Waals surface area contributed by atoms with Crippen LogP contribution in [-0.2, 0) is 4.79 Å². The molecule has 1 aliphatic carbocycles. The molecular formula is C20H19FN2O2. The molecule has 0 aromatic heterocycles. The Morgan fingerprint density at radius 1 is 1.12 bits per heavy atom. The number of hydrogen-bond donors (Lipinski definition) is 1. The number of nitrogens with zero attached hydrogens (tertiary/aromatic N) is 1. The van der Waals surface area contributed by atoms with Gasteiger partial charge in [0.05, 0.1) is 0 Å². The first kappa shape index (κ1) is 15.8. The standard InChI is InChI=1S/C20H19FN2O2/c21-15-7-4-8-16(11-15)22-18(24)17-12-20(17)9-10-23(13-20)19(25)14-5-2-1-3-6-14/h1-8,11,17H,9-10,12-13H2,(H,22,24)/t17-,20+/m0/s1. The largest absolute Gasteiger partial charge is 0.338 e. The molecule has 1 spiro atoms. The molecular weight excluding hydrogens is 319 g/mol. The fraction of sp³-hybridized carbons (Fsp3) is 0.300. The summed E-state index contributed by atoms with van der Waals surface area (Å²) in [6, 6.07) is 15.1. The van der Waals surface area contributed by atoms with Crippen molar-refractivity contribution in [2.24, 2.45) is 11.3 Å². The lowest BCUT2D eigenvalue weighted by Gasteiger charge is -2.16. The monoisotopic (exact) mass is 338 g/mol.